The number of halogens is 1. The molecule has 0 saturated carbocycles. The summed E-state index contributed by atoms with van der Waals surface area (Å²) in [5, 5.41) is 2.95. The molecule has 25 heavy (non-hydrogen) atoms. The number of benzene rings is 1. The van der Waals surface area contributed by atoms with E-state index >= 15 is 0 Å². The summed E-state index contributed by atoms with van der Waals surface area (Å²) < 4.78 is 6.65. The van der Waals surface area contributed by atoms with Crippen LogP contribution in [0, 0.1) is 6.92 Å². The summed E-state index contributed by atoms with van der Waals surface area (Å²) >= 11 is 8.91. The molecular weight excluding hydrogens is 380 g/mol. The van der Waals surface area contributed by atoms with Gasteiger partial charge in [0.2, 0.25) is 0 Å². The average Bonchev–Trinajstić information content (AvgIpc) is 2.91. The lowest BCUT2D eigenvalue weighted by atomic mass is 10.2. The molecule has 0 N–H and O–H groups in total. The van der Waals surface area contributed by atoms with Crippen LogP contribution in [0.15, 0.2) is 39.3 Å². The Kier molecular flexibility index (Phi) is 5.46. The second kappa shape index (κ2) is 7.59. The van der Waals surface area contributed by atoms with Crippen LogP contribution >= 0.6 is 34.7 Å². The van der Waals surface area contributed by atoms with E-state index in [1.807, 2.05) is 30.5 Å². The van der Waals surface area contributed by atoms with Crippen molar-refractivity contribution in [3.8, 4) is 0 Å². The number of rotatable bonds is 5. The lowest BCUT2D eigenvalue weighted by Gasteiger charge is -2.09. The summed E-state index contributed by atoms with van der Waals surface area (Å²) in [5.74, 6) is -0.488. The van der Waals surface area contributed by atoms with Gasteiger partial charge in [0.15, 0.2) is 0 Å². The van der Waals surface area contributed by atoms with Crippen LogP contribution in [-0.2, 0) is 22.7 Å². The van der Waals surface area contributed by atoms with Gasteiger partial charge in [0.25, 0.3) is 0 Å². The van der Waals surface area contributed by atoms with Crippen molar-refractivity contribution in [1.82, 2.24) is 9.55 Å². The zero-order chi connectivity index (χ0) is 18.0. The van der Waals surface area contributed by atoms with Crippen LogP contribution in [0.4, 0.5) is 0 Å². The Balaban J connectivity index is 1.73. The van der Waals surface area contributed by atoms with Gasteiger partial charge in [-0.05, 0) is 31.4 Å². The third-order valence-electron chi connectivity index (χ3n) is 3.70. The van der Waals surface area contributed by atoms with Crippen LogP contribution in [0.1, 0.15) is 11.3 Å². The minimum absolute atomic E-state index is 0.0167. The Bertz CT molecular complexity index is 997. The van der Waals surface area contributed by atoms with Crippen molar-refractivity contribution in [3.05, 3.63) is 55.7 Å². The maximum Gasteiger partial charge on any atom is 0.326 e. The highest BCUT2D eigenvalue weighted by molar-refractivity contribution is 7.98. The maximum absolute atomic E-state index is 12.0. The number of thioether (sulfide) groups is 1. The van der Waals surface area contributed by atoms with Gasteiger partial charge in [0.05, 0.1) is 5.52 Å². The van der Waals surface area contributed by atoms with Gasteiger partial charge in [0, 0.05) is 26.9 Å². The summed E-state index contributed by atoms with van der Waals surface area (Å²) in [6.07, 6.45) is 2.00. The molecule has 5 nitrogen and oxygen atoms in total. The maximum atomic E-state index is 12.0. The first-order valence-electron chi connectivity index (χ1n) is 7.41. The van der Waals surface area contributed by atoms with E-state index in [1.54, 1.807) is 24.1 Å². The molecule has 0 aliphatic rings. The predicted octanol–water partition coefficient (Wildman–Crippen LogP) is 3.89. The highest BCUT2D eigenvalue weighted by Crippen LogP contribution is 2.25. The first kappa shape index (κ1) is 18.0. The monoisotopic (exact) mass is 394 g/mol. The van der Waals surface area contributed by atoms with E-state index in [-0.39, 0.29) is 18.0 Å². The summed E-state index contributed by atoms with van der Waals surface area (Å²) in [7, 11) is 0. The van der Waals surface area contributed by atoms with Crippen molar-refractivity contribution >= 4 is 51.6 Å². The second-order valence-corrected chi connectivity index (χ2v) is 7.45. The lowest BCUT2D eigenvalue weighted by Crippen LogP contribution is -2.22. The first-order valence-corrected chi connectivity index (χ1v) is 9.90. The molecular formula is C17H15ClN2O3S2. The average molecular weight is 395 g/mol. The van der Waals surface area contributed by atoms with Gasteiger partial charge in [-0.2, -0.15) is 0 Å². The molecule has 0 saturated heterocycles. The van der Waals surface area contributed by atoms with Gasteiger partial charge in [-0.3, -0.25) is 14.2 Å². The van der Waals surface area contributed by atoms with Crippen molar-refractivity contribution in [1.29, 1.82) is 0 Å². The van der Waals surface area contributed by atoms with Crippen LogP contribution in [0.3, 0.4) is 0 Å². The number of nitrogens with zero attached hydrogens (tertiary/aromatic N) is 2. The molecule has 0 aliphatic heterocycles. The standard InChI is InChI=1S/C17H15ClN2O3S2/c1-10-9-25-17(22)20(10)7-15(21)23-8-12-5-11-3-4-13(24-2)6-14(11)19-16(12)18/h3-6,9H,7-8H2,1-2H3. The Morgan fingerprint density at radius 1 is 1.40 bits per heavy atom. The second-order valence-electron chi connectivity index (χ2n) is 5.39. The molecule has 0 atom stereocenters. The number of aryl methyl sites for hydroxylation is 1. The van der Waals surface area contributed by atoms with Crippen molar-refractivity contribution in [2.45, 2.75) is 25.0 Å². The molecule has 0 spiro atoms. The highest BCUT2D eigenvalue weighted by atomic mass is 35.5. The number of carbonyl (C=O) groups excluding carboxylic acids is 1. The van der Waals surface area contributed by atoms with Crippen molar-refractivity contribution < 1.29 is 9.53 Å². The quantitative estimate of drug-likeness (QED) is 0.373. The molecule has 8 heteroatoms. The SMILES string of the molecule is CSc1ccc2cc(COC(=O)Cn3c(C)csc3=O)c(Cl)nc2c1. The van der Waals surface area contributed by atoms with Crippen LogP contribution < -0.4 is 4.87 Å². The Morgan fingerprint density at radius 3 is 2.88 bits per heavy atom. The zero-order valence-corrected chi connectivity index (χ0v) is 16.0. The van der Waals surface area contributed by atoms with E-state index in [9.17, 15) is 9.59 Å². The zero-order valence-electron chi connectivity index (χ0n) is 13.6. The van der Waals surface area contributed by atoms with E-state index in [2.05, 4.69) is 4.98 Å². The van der Waals surface area contributed by atoms with Gasteiger partial charge in [-0.25, -0.2) is 4.98 Å². The number of ether oxygens (including phenoxy) is 1. The molecule has 0 aliphatic carbocycles. The van der Waals surface area contributed by atoms with Crippen molar-refractivity contribution in [2.24, 2.45) is 0 Å². The summed E-state index contributed by atoms with van der Waals surface area (Å²) in [5.41, 5.74) is 2.17. The smallest absolute Gasteiger partial charge is 0.326 e. The fourth-order valence-corrected chi connectivity index (χ4v) is 3.69. The number of carbonyl (C=O) groups is 1. The molecule has 0 bridgehead atoms. The van der Waals surface area contributed by atoms with Crippen molar-refractivity contribution in [2.75, 3.05) is 6.26 Å². The van der Waals surface area contributed by atoms with E-state index in [0.717, 1.165) is 32.8 Å². The number of fused-ring (bicyclic) bond motifs is 1. The van der Waals surface area contributed by atoms with Gasteiger partial charge in [-0.1, -0.05) is 29.0 Å². The fourth-order valence-electron chi connectivity index (χ4n) is 2.32. The number of hydrogen-bond donors (Lipinski definition) is 0. The van der Waals surface area contributed by atoms with E-state index in [0.29, 0.717) is 10.7 Å². The van der Waals surface area contributed by atoms with E-state index in [1.165, 1.54) is 4.57 Å². The number of thiazole rings is 1. The number of aromatic nitrogens is 2. The number of pyridine rings is 1. The molecule has 2 heterocycles. The lowest BCUT2D eigenvalue weighted by molar-refractivity contribution is -0.145. The van der Waals surface area contributed by atoms with Crippen LogP contribution in [-0.4, -0.2) is 21.8 Å². The van der Waals surface area contributed by atoms with E-state index < -0.39 is 5.97 Å². The van der Waals surface area contributed by atoms with Crippen molar-refractivity contribution in [3.63, 3.8) is 0 Å². The molecule has 0 unspecified atom stereocenters. The Morgan fingerprint density at radius 2 is 2.20 bits per heavy atom. The van der Waals surface area contributed by atoms with Crippen LogP contribution in [0.5, 0.6) is 0 Å². The molecule has 0 fully saturated rings. The third kappa shape index (κ3) is 4.05. The van der Waals surface area contributed by atoms with Gasteiger partial charge in [0.1, 0.15) is 18.3 Å². The molecule has 3 rings (SSSR count). The van der Waals surface area contributed by atoms with Gasteiger partial charge in [-0.15, -0.1) is 11.8 Å². The molecule has 3 aromatic rings. The van der Waals surface area contributed by atoms with E-state index in [4.69, 9.17) is 16.3 Å². The van der Waals surface area contributed by atoms with Crippen LogP contribution in [0.2, 0.25) is 5.15 Å². The minimum Gasteiger partial charge on any atom is -0.459 e. The largest absolute Gasteiger partial charge is 0.459 e. The molecule has 1 aromatic carbocycles. The Labute approximate surface area is 157 Å². The first-order chi connectivity index (χ1) is 12.0. The molecule has 0 amide bonds. The number of esters is 1. The summed E-state index contributed by atoms with van der Waals surface area (Å²) in [6, 6.07) is 7.80. The molecule has 0 radical (unpaired) electrons. The summed E-state index contributed by atoms with van der Waals surface area (Å²) in [6.45, 7) is 1.69. The summed E-state index contributed by atoms with van der Waals surface area (Å²) in [4.78, 5) is 28.9. The topological polar surface area (TPSA) is 61.2 Å². The van der Waals surface area contributed by atoms with Gasteiger partial charge < -0.3 is 4.74 Å². The number of hydrogen-bond acceptors (Lipinski definition) is 6. The predicted molar refractivity (Wildman–Crippen MR) is 102 cm³/mol. The molecule has 130 valence electrons. The minimum atomic E-state index is -0.488. The third-order valence-corrected chi connectivity index (χ3v) is 5.64. The van der Waals surface area contributed by atoms with Gasteiger partial charge >= 0.3 is 10.8 Å². The Hall–Kier alpha value is -1.83. The molecule has 2 aromatic heterocycles. The highest BCUT2D eigenvalue weighted by Gasteiger charge is 2.12. The fraction of sp³-hybridized carbons (Fsp3) is 0.235. The van der Waals surface area contributed by atoms with Crippen LogP contribution in [0.25, 0.3) is 10.9 Å². The normalized spacial score (nSPS) is 11.0.